The first-order valence-electron chi connectivity index (χ1n) is 9.97. The maximum atomic E-state index is 14.2. The number of nitrogens with one attached hydrogen (secondary N) is 1. The van der Waals surface area contributed by atoms with Crippen molar-refractivity contribution >= 4 is 23.6 Å². The number of rotatable bonds is 10. The van der Waals surface area contributed by atoms with E-state index in [1.165, 1.54) is 34.9 Å². The second kappa shape index (κ2) is 11.7. The lowest BCUT2D eigenvalue weighted by Gasteiger charge is -2.29. The second-order valence-corrected chi connectivity index (χ2v) is 8.21. The molecule has 0 fully saturated rings. The van der Waals surface area contributed by atoms with Crippen molar-refractivity contribution in [2.75, 3.05) is 5.75 Å². The Labute approximate surface area is 181 Å². The fraction of sp³-hybridized carbons (Fsp3) is 0.391. The minimum Gasteiger partial charge on any atom is -0.352 e. The van der Waals surface area contributed by atoms with Crippen LogP contribution in [0.1, 0.15) is 38.3 Å². The number of benzene rings is 2. The number of carbonyl (C=O) groups excluding carboxylic acids is 2. The predicted octanol–water partition coefficient (Wildman–Crippen LogP) is 4.53. The summed E-state index contributed by atoms with van der Waals surface area (Å²) in [7, 11) is 0. The third-order valence-electron chi connectivity index (χ3n) is 4.87. The lowest BCUT2D eigenvalue weighted by molar-refractivity contribution is -0.139. The van der Waals surface area contributed by atoms with Crippen molar-refractivity contribution in [3.05, 3.63) is 71.3 Å². The smallest absolute Gasteiger partial charge is 0.242 e. The summed E-state index contributed by atoms with van der Waals surface area (Å²) in [6.45, 7) is 5.52. The van der Waals surface area contributed by atoms with Gasteiger partial charge in [-0.2, -0.15) is 0 Å². The molecule has 2 rings (SSSR count). The Balaban J connectivity index is 2.08. The minimum atomic E-state index is -0.738. The summed E-state index contributed by atoms with van der Waals surface area (Å²) in [6.07, 6.45) is 0.771. The van der Waals surface area contributed by atoms with Gasteiger partial charge in [0, 0.05) is 23.9 Å². The van der Waals surface area contributed by atoms with Crippen LogP contribution in [-0.2, 0) is 21.9 Å². The fourth-order valence-corrected chi connectivity index (χ4v) is 3.65. The van der Waals surface area contributed by atoms with Crippen LogP contribution in [0.4, 0.5) is 8.78 Å². The van der Waals surface area contributed by atoms with Gasteiger partial charge in [-0.05, 0) is 44.0 Å². The number of thioether (sulfide) groups is 1. The fourth-order valence-electron chi connectivity index (χ4n) is 2.78. The zero-order valence-corrected chi connectivity index (χ0v) is 18.3. The van der Waals surface area contributed by atoms with E-state index in [0.717, 1.165) is 12.0 Å². The number of hydrogen-bond donors (Lipinski definition) is 1. The van der Waals surface area contributed by atoms with Gasteiger partial charge in [0.2, 0.25) is 11.8 Å². The molecule has 1 N–H and O–H groups in total. The molecule has 0 bridgehead atoms. The zero-order valence-electron chi connectivity index (χ0n) is 17.5. The van der Waals surface area contributed by atoms with E-state index in [1.54, 1.807) is 37.3 Å². The molecule has 2 atom stereocenters. The molecule has 0 aliphatic carbocycles. The first-order chi connectivity index (χ1) is 14.3. The van der Waals surface area contributed by atoms with Gasteiger partial charge in [0.1, 0.15) is 17.7 Å². The van der Waals surface area contributed by atoms with Gasteiger partial charge in [-0.15, -0.1) is 11.8 Å². The molecule has 0 aliphatic rings. The van der Waals surface area contributed by atoms with Gasteiger partial charge in [0.05, 0.1) is 5.75 Å². The summed E-state index contributed by atoms with van der Waals surface area (Å²) in [6, 6.07) is 11.6. The molecule has 0 aromatic heterocycles. The molecule has 2 aromatic carbocycles. The summed E-state index contributed by atoms with van der Waals surface area (Å²) >= 11 is 1.37. The highest BCUT2D eigenvalue weighted by atomic mass is 32.2. The molecule has 0 saturated carbocycles. The first-order valence-corrected chi connectivity index (χ1v) is 11.1. The Morgan fingerprint density at radius 2 is 1.73 bits per heavy atom. The van der Waals surface area contributed by atoms with Gasteiger partial charge < -0.3 is 10.2 Å². The van der Waals surface area contributed by atoms with Crippen LogP contribution in [0.5, 0.6) is 0 Å². The SMILES string of the molecule is CCC(C)NC(=O)C(C)N(Cc1ccccc1F)C(=O)CSCc1ccc(F)cc1. The van der Waals surface area contributed by atoms with E-state index >= 15 is 0 Å². The third kappa shape index (κ3) is 7.13. The van der Waals surface area contributed by atoms with E-state index in [9.17, 15) is 18.4 Å². The van der Waals surface area contributed by atoms with Gasteiger partial charge in [-0.25, -0.2) is 8.78 Å². The van der Waals surface area contributed by atoms with Crippen LogP contribution in [0.25, 0.3) is 0 Å². The Morgan fingerprint density at radius 1 is 1.07 bits per heavy atom. The highest BCUT2D eigenvalue weighted by Crippen LogP contribution is 2.17. The van der Waals surface area contributed by atoms with E-state index in [0.29, 0.717) is 11.3 Å². The molecule has 7 heteroatoms. The van der Waals surface area contributed by atoms with E-state index in [1.807, 2.05) is 13.8 Å². The van der Waals surface area contributed by atoms with Gasteiger partial charge in [0.15, 0.2) is 0 Å². The van der Waals surface area contributed by atoms with E-state index < -0.39 is 11.9 Å². The summed E-state index contributed by atoms with van der Waals surface area (Å²) in [5, 5.41) is 2.88. The molecule has 0 aliphatic heterocycles. The van der Waals surface area contributed by atoms with Crippen LogP contribution < -0.4 is 5.32 Å². The topological polar surface area (TPSA) is 49.4 Å². The van der Waals surface area contributed by atoms with E-state index in [-0.39, 0.29) is 36.0 Å². The Hall–Kier alpha value is -2.41. The molecule has 162 valence electrons. The number of hydrogen-bond acceptors (Lipinski definition) is 3. The van der Waals surface area contributed by atoms with Crippen molar-refractivity contribution in [2.24, 2.45) is 0 Å². The maximum Gasteiger partial charge on any atom is 0.242 e. The molecule has 30 heavy (non-hydrogen) atoms. The Bertz CT molecular complexity index is 845. The summed E-state index contributed by atoms with van der Waals surface area (Å²) in [5.74, 6) is -0.574. The maximum absolute atomic E-state index is 14.2. The van der Waals surface area contributed by atoms with Crippen LogP contribution in [0.15, 0.2) is 48.5 Å². The number of halogens is 2. The van der Waals surface area contributed by atoms with Crippen molar-refractivity contribution in [2.45, 2.75) is 51.6 Å². The Kier molecular flexibility index (Phi) is 9.30. The molecule has 0 spiro atoms. The van der Waals surface area contributed by atoms with E-state index in [4.69, 9.17) is 0 Å². The molecule has 0 saturated heterocycles. The monoisotopic (exact) mass is 434 g/mol. The summed E-state index contributed by atoms with van der Waals surface area (Å²) in [4.78, 5) is 27.0. The molecule has 2 amide bonds. The second-order valence-electron chi connectivity index (χ2n) is 7.23. The average Bonchev–Trinajstić information content (AvgIpc) is 2.73. The highest BCUT2D eigenvalue weighted by molar-refractivity contribution is 7.99. The van der Waals surface area contributed by atoms with E-state index in [2.05, 4.69) is 5.32 Å². The van der Waals surface area contributed by atoms with Crippen molar-refractivity contribution in [3.8, 4) is 0 Å². The zero-order chi connectivity index (χ0) is 22.1. The molecular formula is C23H28F2N2O2S. The third-order valence-corrected chi connectivity index (χ3v) is 5.86. The van der Waals surface area contributed by atoms with Crippen LogP contribution in [-0.4, -0.2) is 34.6 Å². The standard InChI is InChI=1S/C23H28F2N2O2S/c1-4-16(2)26-23(29)17(3)27(13-19-7-5-6-8-21(19)25)22(28)15-30-14-18-9-11-20(24)12-10-18/h5-12,16-17H,4,13-15H2,1-3H3,(H,26,29). The van der Waals surface area contributed by atoms with Crippen LogP contribution >= 0.6 is 11.8 Å². The van der Waals surface area contributed by atoms with Gasteiger partial charge >= 0.3 is 0 Å². The number of amides is 2. The van der Waals surface area contributed by atoms with Crippen molar-refractivity contribution in [1.29, 1.82) is 0 Å². The van der Waals surface area contributed by atoms with Crippen LogP contribution in [0, 0.1) is 11.6 Å². The number of nitrogens with zero attached hydrogens (tertiary/aromatic N) is 1. The van der Waals surface area contributed by atoms with Crippen molar-refractivity contribution in [3.63, 3.8) is 0 Å². The molecule has 0 radical (unpaired) electrons. The molecule has 2 aromatic rings. The Morgan fingerprint density at radius 3 is 2.37 bits per heavy atom. The molecule has 4 nitrogen and oxygen atoms in total. The lowest BCUT2D eigenvalue weighted by atomic mass is 10.1. The molecular weight excluding hydrogens is 406 g/mol. The van der Waals surface area contributed by atoms with Crippen molar-refractivity contribution < 1.29 is 18.4 Å². The van der Waals surface area contributed by atoms with Gasteiger partial charge in [-0.1, -0.05) is 37.3 Å². The highest BCUT2D eigenvalue weighted by Gasteiger charge is 2.27. The lowest BCUT2D eigenvalue weighted by Crippen LogP contribution is -2.50. The van der Waals surface area contributed by atoms with Gasteiger partial charge in [0.25, 0.3) is 0 Å². The largest absolute Gasteiger partial charge is 0.352 e. The van der Waals surface area contributed by atoms with Crippen molar-refractivity contribution in [1.82, 2.24) is 10.2 Å². The summed E-state index contributed by atoms with van der Waals surface area (Å²) < 4.78 is 27.2. The van der Waals surface area contributed by atoms with Crippen LogP contribution in [0.2, 0.25) is 0 Å². The predicted molar refractivity (Wildman–Crippen MR) is 117 cm³/mol. The average molecular weight is 435 g/mol. The minimum absolute atomic E-state index is 0.0116. The summed E-state index contributed by atoms with van der Waals surface area (Å²) in [5.41, 5.74) is 1.26. The first kappa shape index (κ1) is 23.9. The quantitative estimate of drug-likeness (QED) is 0.598. The van der Waals surface area contributed by atoms with Gasteiger partial charge in [-0.3, -0.25) is 9.59 Å². The molecule has 0 heterocycles. The van der Waals surface area contributed by atoms with Crippen LogP contribution in [0.3, 0.4) is 0 Å². The normalized spacial score (nSPS) is 12.8. The molecule has 2 unspecified atom stereocenters. The number of carbonyl (C=O) groups is 2.